The summed E-state index contributed by atoms with van der Waals surface area (Å²) >= 11 is 0. The fourth-order valence-electron chi connectivity index (χ4n) is 4.44. The Hall–Kier alpha value is -3.62. The molecule has 32 heavy (non-hydrogen) atoms. The van der Waals surface area contributed by atoms with Gasteiger partial charge in [0.15, 0.2) is 0 Å². The molecular formula is C27H28N4O. The molecule has 4 rings (SSSR count). The van der Waals surface area contributed by atoms with Gasteiger partial charge in [-0.25, -0.2) is 0 Å². The Morgan fingerprint density at radius 1 is 1.03 bits per heavy atom. The van der Waals surface area contributed by atoms with Gasteiger partial charge in [0.1, 0.15) is 5.75 Å². The minimum atomic E-state index is 0.190. The van der Waals surface area contributed by atoms with Crippen LogP contribution in [0.15, 0.2) is 67.0 Å². The SMILES string of the molecule is COc1cccc(-c2ccc(-c3cn(C(C(C)C)N(C)C)c4ccc(C#N)cc34)nc2)c1. The summed E-state index contributed by atoms with van der Waals surface area (Å²) in [5.41, 5.74) is 5.76. The van der Waals surface area contributed by atoms with Crippen LogP contribution in [0.4, 0.5) is 0 Å². The number of nitriles is 1. The average molecular weight is 425 g/mol. The van der Waals surface area contributed by atoms with Crippen LogP contribution < -0.4 is 4.74 Å². The van der Waals surface area contributed by atoms with Crippen molar-refractivity contribution in [2.75, 3.05) is 21.2 Å². The molecule has 0 spiro atoms. The second-order valence-corrected chi connectivity index (χ2v) is 8.58. The zero-order valence-corrected chi connectivity index (χ0v) is 19.2. The van der Waals surface area contributed by atoms with E-state index in [2.05, 4.69) is 61.8 Å². The Bertz CT molecular complexity index is 1270. The molecule has 0 aliphatic heterocycles. The molecule has 5 nitrogen and oxygen atoms in total. The standard InChI is InChI=1S/C27H28N4O/c1-18(2)27(30(3)4)31-17-24(23-13-19(15-28)9-12-26(23)31)25-11-10-21(16-29-25)20-7-6-8-22(14-20)32-5/h6-14,16-18,27H,1-5H3. The van der Waals surface area contributed by atoms with Crippen LogP contribution in [0.5, 0.6) is 5.75 Å². The molecular weight excluding hydrogens is 396 g/mol. The predicted molar refractivity (Wildman–Crippen MR) is 129 cm³/mol. The highest BCUT2D eigenvalue weighted by Crippen LogP contribution is 2.35. The number of pyridine rings is 1. The lowest BCUT2D eigenvalue weighted by atomic mass is 10.0. The van der Waals surface area contributed by atoms with E-state index in [9.17, 15) is 5.26 Å². The molecule has 2 heterocycles. The lowest BCUT2D eigenvalue weighted by Gasteiger charge is -2.30. The van der Waals surface area contributed by atoms with E-state index in [1.54, 1.807) is 7.11 Å². The van der Waals surface area contributed by atoms with Gasteiger partial charge in [-0.1, -0.05) is 32.0 Å². The first-order valence-corrected chi connectivity index (χ1v) is 10.7. The lowest BCUT2D eigenvalue weighted by molar-refractivity contribution is 0.164. The van der Waals surface area contributed by atoms with Crippen molar-refractivity contribution < 1.29 is 4.74 Å². The monoisotopic (exact) mass is 424 g/mol. The lowest BCUT2D eigenvalue weighted by Crippen LogP contribution is -2.29. The van der Waals surface area contributed by atoms with E-state index in [4.69, 9.17) is 9.72 Å². The highest BCUT2D eigenvalue weighted by Gasteiger charge is 2.22. The molecule has 0 fully saturated rings. The molecule has 0 aliphatic carbocycles. The zero-order valence-electron chi connectivity index (χ0n) is 19.2. The average Bonchev–Trinajstić information content (AvgIpc) is 3.17. The van der Waals surface area contributed by atoms with E-state index in [0.717, 1.165) is 39.0 Å². The van der Waals surface area contributed by atoms with Gasteiger partial charge in [0.05, 0.1) is 36.1 Å². The predicted octanol–water partition coefficient (Wildman–Crippen LogP) is 5.97. The number of methoxy groups -OCH3 is 1. The Morgan fingerprint density at radius 2 is 1.84 bits per heavy atom. The number of rotatable bonds is 6. The van der Waals surface area contributed by atoms with Gasteiger partial charge in [0.2, 0.25) is 0 Å². The summed E-state index contributed by atoms with van der Waals surface area (Å²) in [5, 5.41) is 10.5. The first kappa shape index (κ1) is 21.6. The summed E-state index contributed by atoms with van der Waals surface area (Å²) in [4.78, 5) is 7.03. The van der Waals surface area contributed by atoms with Crippen molar-refractivity contribution in [3.05, 3.63) is 72.6 Å². The van der Waals surface area contributed by atoms with E-state index in [0.29, 0.717) is 11.5 Å². The number of hydrogen-bond acceptors (Lipinski definition) is 4. The molecule has 0 radical (unpaired) electrons. The molecule has 2 aromatic heterocycles. The number of aromatic nitrogens is 2. The van der Waals surface area contributed by atoms with Gasteiger partial charge in [0.25, 0.3) is 0 Å². The Morgan fingerprint density at radius 3 is 2.47 bits per heavy atom. The van der Waals surface area contributed by atoms with E-state index in [1.807, 2.05) is 48.7 Å². The molecule has 0 amide bonds. The molecule has 0 N–H and O–H groups in total. The van der Waals surface area contributed by atoms with Gasteiger partial charge in [-0.2, -0.15) is 5.26 Å². The van der Waals surface area contributed by atoms with Crippen molar-refractivity contribution in [2.45, 2.75) is 20.0 Å². The number of fused-ring (bicyclic) bond motifs is 1. The van der Waals surface area contributed by atoms with E-state index < -0.39 is 0 Å². The van der Waals surface area contributed by atoms with E-state index >= 15 is 0 Å². The van der Waals surface area contributed by atoms with Crippen molar-refractivity contribution in [2.24, 2.45) is 5.92 Å². The maximum Gasteiger partial charge on any atom is 0.119 e. The summed E-state index contributed by atoms with van der Waals surface area (Å²) in [5.74, 6) is 1.23. The number of hydrogen-bond donors (Lipinski definition) is 0. The largest absolute Gasteiger partial charge is 0.497 e. The Balaban J connectivity index is 1.84. The van der Waals surface area contributed by atoms with Crippen LogP contribution in [0.1, 0.15) is 25.6 Å². The summed E-state index contributed by atoms with van der Waals surface area (Å²) < 4.78 is 7.65. The van der Waals surface area contributed by atoms with Crippen molar-refractivity contribution in [1.29, 1.82) is 5.26 Å². The van der Waals surface area contributed by atoms with Crippen LogP contribution in [-0.2, 0) is 0 Å². The van der Waals surface area contributed by atoms with Gasteiger partial charge in [0, 0.05) is 28.9 Å². The van der Waals surface area contributed by atoms with Crippen molar-refractivity contribution >= 4 is 10.9 Å². The number of benzene rings is 2. The zero-order chi connectivity index (χ0) is 22.8. The Kier molecular flexibility index (Phi) is 5.98. The molecule has 4 aromatic rings. The first-order valence-electron chi connectivity index (χ1n) is 10.7. The first-order chi connectivity index (χ1) is 15.4. The highest BCUT2D eigenvalue weighted by atomic mass is 16.5. The highest BCUT2D eigenvalue weighted by molar-refractivity contribution is 5.96. The van der Waals surface area contributed by atoms with Gasteiger partial charge in [-0.3, -0.25) is 9.88 Å². The molecule has 2 aromatic carbocycles. The molecule has 0 saturated carbocycles. The van der Waals surface area contributed by atoms with E-state index in [1.165, 1.54) is 0 Å². The smallest absolute Gasteiger partial charge is 0.119 e. The third-order valence-electron chi connectivity index (χ3n) is 5.82. The fraction of sp³-hybridized carbons (Fsp3) is 0.259. The van der Waals surface area contributed by atoms with Crippen molar-refractivity contribution in [3.8, 4) is 34.2 Å². The number of nitrogens with zero attached hydrogens (tertiary/aromatic N) is 4. The Labute approximate surface area is 189 Å². The molecule has 1 unspecified atom stereocenters. The van der Waals surface area contributed by atoms with Gasteiger partial charge in [-0.15, -0.1) is 0 Å². The maximum absolute atomic E-state index is 9.47. The van der Waals surface area contributed by atoms with Gasteiger partial charge in [-0.05, 0) is 62.0 Å². The minimum Gasteiger partial charge on any atom is -0.497 e. The summed E-state index contributed by atoms with van der Waals surface area (Å²) in [6.07, 6.45) is 4.26. The molecule has 0 bridgehead atoms. The molecule has 0 saturated heterocycles. The molecule has 0 aliphatic rings. The van der Waals surface area contributed by atoms with Crippen molar-refractivity contribution in [3.63, 3.8) is 0 Å². The van der Waals surface area contributed by atoms with Crippen LogP contribution in [0.3, 0.4) is 0 Å². The normalized spacial score (nSPS) is 12.3. The third-order valence-corrected chi connectivity index (χ3v) is 5.82. The second kappa shape index (κ2) is 8.86. The van der Waals surface area contributed by atoms with Crippen LogP contribution in [0.2, 0.25) is 0 Å². The molecule has 162 valence electrons. The van der Waals surface area contributed by atoms with E-state index in [-0.39, 0.29) is 6.17 Å². The second-order valence-electron chi connectivity index (χ2n) is 8.58. The third kappa shape index (κ3) is 3.98. The topological polar surface area (TPSA) is 54.1 Å². The van der Waals surface area contributed by atoms with Crippen LogP contribution >= 0.6 is 0 Å². The minimum absolute atomic E-state index is 0.190. The summed E-state index contributed by atoms with van der Waals surface area (Å²) in [7, 11) is 5.87. The van der Waals surface area contributed by atoms with Gasteiger partial charge >= 0.3 is 0 Å². The summed E-state index contributed by atoms with van der Waals surface area (Å²) in [6.45, 7) is 4.45. The summed E-state index contributed by atoms with van der Waals surface area (Å²) in [6, 6.07) is 20.3. The fourth-order valence-corrected chi connectivity index (χ4v) is 4.44. The molecule has 5 heteroatoms. The van der Waals surface area contributed by atoms with Crippen molar-refractivity contribution in [1.82, 2.24) is 14.5 Å². The van der Waals surface area contributed by atoms with Crippen LogP contribution in [0.25, 0.3) is 33.3 Å². The van der Waals surface area contributed by atoms with Gasteiger partial charge < -0.3 is 9.30 Å². The quantitative estimate of drug-likeness (QED) is 0.383. The molecule has 1 atom stereocenters. The number of ether oxygens (including phenoxy) is 1. The van der Waals surface area contributed by atoms with Crippen LogP contribution in [0, 0.1) is 17.2 Å². The van der Waals surface area contributed by atoms with Crippen LogP contribution in [-0.4, -0.2) is 35.7 Å². The maximum atomic E-state index is 9.47.